The Morgan fingerprint density at radius 2 is 2.03 bits per heavy atom. The van der Waals surface area contributed by atoms with Crippen molar-refractivity contribution in [1.29, 1.82) is 0 Å². The first-order valence-electron chi connectivity index (χ1n) is 9.35. The molecule has 0 amide bonds. The van der Waals surface area contributed by atoms with Crippen LogP contribution in [0.4, 0.5) is 5.69 Å². The lowest BCUT2D eigenvalue weighted by molar-refractivity contribution is 0.112. The number of anilines is 1. The molecule has 0 spiro atoms. The number of thiazole rings is 1. The third-order valence-corrected chi connectivity index (χ3v) is 5.61. The van der Waals surface area contributed by atoms with E-state index in [1.54, 1.807) is 48.8 Å². The second-order valence-corrected chi connectivity index (χ2v) is 7.71. The van der Waals surface area contributed by atoms with Crippen molar-refractivity contribution in [1.82, 2.24) is 25.0 Å². The molecule has 0 aliphatic heterocycles. The SMILES string of the molecule is Nc1ccc2cc(-n3nncc3COc3nc(-c4ccncc4)sc3C=O)c(=O)oc2c1. The fourth-order valence-corrected chi connectivity index (χ4v) is 3.91. The molecule has 0 atom stereocenters. The fraction of sp³-hybridized carbons (Fsp3) is 0.0476. The number of carbonyl (C=O) groups excluding carboxylic acids is 1. The molecular formula is C21H14N6O4S. The van der Waals surface area contributed by atoms with Crippen LogP contribution in [0.1, 0.15) is 15.4 Å². The molecule has 11 heteroatoms. The molecule has 0 radical (unpaired) electrons. The molecule has 2 N–H and O–H groups in total. The highest BCUT2D eigenvalue weighted by Gasteiger charge is 2.17. The van der Waals surface area contributed by atoms with Crippen LogP contribution in [0.25, 0.3) is 27.2 Å². The number of pyridine rings is 1. The fourth-order valence-electron chi connectivity index (χ4n) is 3.08. The van der Waals surface area contributed by atoms with Crippen LogP contribution in [-0.4, -0.2) is 31.2 Å². The molecule has 5 aromatic rings. The van der Waals surface area contributed by atoms with E-state index >= 15 is 0 Å². The van der Waals surface area contributed by atoms with E-state index in [-0.39, 0.29) is 18.2 Å². The Labute approximate surface area is 183 Å². The van der Waals surface area contributed by atoms with Gasteiger partial charge in [-0.1, -0.05) is 5.21 Å². The Kier molecular flexibility index (Phi) is 4.92. The number of nitrogens with two attached hydrogens (primary N) is 1. The highest BCUT2D eigenvalue weighted by atomic mass is 32.1. The van der Waals surface area contributed by atoms with Gasteiger partial charge in [0.05, 0.1) is 6.20 Å². The van der Waals surface area contributed by atoms with Gasteiger partial charge in [-0.2, -0.15) is 0 Å². The Morgan fingerprint density at radius 1 is 1.19 bits per heavy atom. The number of hydrogen-bond donors (Lipinski definition) is 1. The minimum Gasteiger partial charge on any atom is -0.470 e. The van der Waals surface area contributed by atoms with Crippen LogP contribution in [0.2, 0.25) is 0 Å². The minimum atomic E-state index is -0.600. The van der Waals surface area contributed by atoms with Gasteiger partial charge in [0.2, 0.25) is 5.88 Å². The lowest BCUT2D eigenvalue weighted by Crippen LogP contribution is -2.15. The number of rotatable bonds is 6. The molecule has 32 heavy (non-hydrogen) atoms. The van der Waals surface area contributed by atoms with Crippen LogP contribution in [0.15, 0.2) is 64.2 Å². The number of nitrogen functional groups attached to an aromatic ring is 1. The number of hydrogen-bond acceptors (Lipinski definition) is 10. The minimum absolute atomic E-state index is 0.0213. The molecule has 4 aromatic heterocycles. The van der Waals surface area contributed by atoms with Crippen molar-refractivity contribution >= 4 is 34.3 Å². The number of carbonyl (C=O) groups is 1. The summed E-state index contributed by atoms with van der Waals surface area (Å²) >= 11 is 1.21. The van der Waals surface area contributed by atoms with E-state index in [1.807, 2.05) is 0 Å². The van der Waals surface area contributed by atoms with E-state index in [4.69, 9.17) is 14.9 Å². The molecule has 0 saturated carbocycles. The van der Waals surface area contributed by atoms with Gasteiger partial charge >= 0.3 is 5.63 Å². The Balaban J connectivity index is 1.44. The number of aromatic nitrogens is 5. The van der Waals surface area contributed by atoms with E-state index in [2.05, 4.69) is 20.3 Å². The maximum atomic E-state index is 12.5. The van der Waals surface area contributed by atoms with E-state index in [1.165, 1.54) is 22.2 Å². The maximum Gasteiger partial charge on any atom is 0.362 e. The van der Waals surface area contributed by atoms with Crippen molar-refractivity contribution in [2.24, 2.45) is 0 Å². The molecule has 0 aliphatic rings. The van der Waals surface area contributed by atoms with Gasteiger partial charge < -0.3 is 14.9 Å². The molecule has 0 saturated heterocycles. The summed E-state index contributed by atoms with van der Waals surface area (Å²) < 4.78 is 12.5. The van der Waals surface area contributed by atoms with Gasteiger partial charge in [-0.15, -0.1) is 16.4 Å². The van der Waals surface area contributed by atoms with Gasteiger partial charge in [0.15, 0.2) is 12.0 Å². The highest BCUT2D eigenvalue weighted by Crippen LogP contribution is 2.31. The topological polar surface area (TPSA) is 139 Å². The van der Waals surface area contributed by atoms with E-state index in [0.29, 0.717) is 38.5 Å². The predicted molar refractivity (Wildman–Crippen MR) is 117 cm³/mol. The summed E-state index contributed by atoms with van der Waals surface area (Å²) in [5, 5.41) is 9.18. The molecule has 0 aliphatic carbocycles. The number of benzene rings is 1. The third kappa shape index (κ3) is 3.61. The van der Waals surface area contributed by atoms with Crippen LogP contribution in [0.5, 0.6) is 5.88 Å². The van der Waals surface area contributed by atoms with E-state index in [0.717, 1.165) is 5.56 Å². The number of aldehydes is 1. The maximum absolute atomic E-state index is 12.5. The monoisotopic (exact) mass is 446 g/mol. The number of nitrogens with zero attached hydrogens (tertiary/aromatic N) is 5. The van der Waals surface area contributed by atoms with Gasteiger partial charge in [0.25, 0.3) is 0 Å². The highest BCUT2D eigenvalue weighted by molar-refractivity contribution is 7.16. The first-order chi connectivity index (χ1) is 15.6. The van der Waals surface area contributed by atoms with Gasteiger partial charge in [0.1, 0.15) is 27.8 Å². The van der Waals surface area contributed by atoms with Crippen molar-refractivity contribution in [2.75, 3.05) is 5.73 Å². The van der Waals surface area contributed by atoms with Crippen molar-refractivity contribution in [3.05, 3.63) is 76.0 Å². The lowest BCUT2D eigenvalue weighted by atomic mass is 10.2. The van der Waals surface area contributed by atoms with Crippen LogP contribution < -0.4 is 16.1 Å². The first-order valence-corrected chi connectivity index (χ1v) is 10.2. The Hall–Kier alpha value is -4.38. The third-order valence-electron chi connectivity index (χ3n) is 4.60. The van der Waals surface area contributed by atoms with Gasteiger partial charge in [-0.25, -0.2) is 14.5 Å². The molecule has 158 valence electrons. The van der Waals surface area contributed by atoms with Gasteiger partial charge in [-0.3, -0.25) is 9.78 Å². The lowest BCUT2D eigenvalue weighted by Gasteiger charge is -2.07. The summed E-state index contributed by atoms with van der Waals surface area (Å²) in [4.78, 5) is 32.8. The molecule has 1 aromatic carbocycles. The molecular weight excluding hydrogens is 432 g/mol. The van der Waals surface area contributed by atoms with E-state index < -0.39 is 5.63 Å². The molecule has 0 unspecified atom stereocenters. The van der Waals surface area contributed by atoms with Crippen molar-refractivity contribution in [3.8, 4) is 22.1 Å². The summed E-state index contributed by atoms with van der Waals surface area (Å²) in [6.45, 7) is -0.0213. The second kappa shape index (κ2) is 8.04. The standard InChI is InChI=1S/C21H14N6O4S/c22-14-2-1-13-7-16(21(29)31-17(13)8-14)27-15(9-24-26-27)11-30-19-18(10-28)32-20(25-19)12-3-5-23-6-4-12/h1-10H,11,22H2. The van der Waals surface area contributed by atoms with Crippen molar-refractivity contribution < 1.29 is 13.9 Å². The smallest absolute Gasteiger partial charge is 0.362 e. The van der Waals surface area contributed by atoms with Crippen molar-refractivity contribution in [2.45, 2.75) is 6.61 Å². The van der Waals surface area contributed by atoms with Crippen LogP contribution in [0.3, 0.4) is 0 Å². The average Bonchev–Trinajstić information content (AvgIpc) is 3.44. The van der Waals surface area contributed by atoms with Crippen molar-refractivity contribution in [3.63, 3.8) is 0 Å². The van der Waals surface area contributed by atoms with Crippen LogP contribution in [-0.2, 0) is 6.61 Å². The van der Waals surface area contributed by atoms with Crippen LogP contribution >= 0.6 is 11.3 Å². The zero-order valence-corrected chi connectivity index (χ0v) is 17.2. The molecule has 5 rings (SSSR count). The predicted octanol–water partition coefficient (Wildman–Crippen LogP) is 2.87. The average molecular weight is 446 g/mol. The largest absolute Gasteiger partial charge is 0.470 e. The summed E-state index contributed by atoms with van der Waals surface area (Å²) in [5.41, 5.74) is 7.48. The molecule has 0 bridgehead atoms. The second-order valence-electron chi connectivity index (χ2n) is 6.68. The summed E-state index contributed by atoms with van der Waals surface area (Å²) in [6, 6.07) is 10.3. The normalized spacial score (nSPS) is 11.0. The molecule has 10 nitrogen and oxygen atoms in total. The Morgan fingerprint density at radius 3 is 2.84 bits per heavy atom. The van der Waals surface area contributed by atoms with Gasteiger partial charge in [0, 0.05) is 35.1 Å². The quantitative estimate of drug-likeness (QED) is 0.237. The number of fused-ring (bicyclic) bond motifs is 1. The Bertz CT molecular complexity index is 1490. The first kappa shape index (κ1) is 19.6. The van der Waals surface area contributed by atoms with Gasteiger partial charge in [-0.05, 0) is 30.3 Å². The molecule has 0 fully saturated rings. The summed E-state index contributed by atoms with van der Waals surface area (Å²) in [7, 11) is 0. The summed E-state index contributed by atoms with van der Waals surface area (Å²) in [5.74, 6) is 0.186. The zero-order chi connectivity index (χ0) is 22.1. The van der Waals surface area contributed by atoms with E-state index in [9.17, 15) is 9.59 Å². The number of ether oxygens (including phenoxy) is 1. The van der Waals surface area contributed by atoms with Crippen LogP contribution in [0, 0.1) is 0 Å². The zero-order valence-electron chi connectivity index (χ0n) is 16.3. The molecule has 4 heterocycles. The summed E-state index contributed by atoms with van der Waals surface area (Å²) in [6.07, 6.45) is 5.44.